The fourth-order valence-corrected chi connectivity index (χ4v) is 2.45. The van der Waals surface area contributed by atoms with Gasteiger partial charge in [-0.1, -0.05) is 0 Å². The molecule has 0 aliphatic carbocycles. The summed E-state index contributed by atoms with van der Waals surface area (Å²) in [5.41, 5.74) is 1.75. The molecule has 0 aliphatic rings. The molecule has 0 atom stereocenters. The molecule has 120 valence electrons. The highest BCUT2D eigenvalue weighted by atomic mass is 16.4. The van der Waals surface area contributed by atoms with E-state index in [2.05, 4.69) is 21.4 Å². The number of carboxylic acids is 1. The lowest BCUT2D eigenvalue weighted by Gasteiger charge is -2.14. The molecule has 0 spiro atoms. The zero-order valence-corrected chi connectivity index (χ0v) is 13.2. The Bertz CT molecular complexity index is 969. The van der Waals surface area contributed by atoms with Crippen molar-refractivity contribution in [3.05, 3.63) is 47.9 Å². The summed E-state index contributed by atoms with van der Waals surface area (Å²) in [6.45, 7) is 3.86. The largest absolute Gasteiger partial charge is 0.478 e. The van der Waals surface area contributed by atoms with Gasteiger partial charge in [-0.25, -0.2) is 14.8 Å². The highest BCUT2D eigenvalue weighted by Crippen LogP contribution is 2.23. The van der Waals surface area contributed by atoms with Crippen LogP contribution in [0.25, 0.3) is 16.9 Å². The second-order valence-electron chi connectivity index (χ2n) is 5.63. The SMILES string of the molecule is CC(C)Nc1cc(-n2ccc3cc(C#N)cnc32)ncc1C(=O)O. The van der Waals surface area contributed by atoms with Crippen LogP contribution in [0.2, 0.25) is 0 Å². The number of aromatic carboxylic acids is 1. The standard InChI is InChI=1S/C17H15N5O2/c1-10(2)21-14-6-15(19-9-13(14)17(23)24)22-4-3-12-5-11(7-18)8-20-16(12)22/h3-6,8-10H,1-2H3,(H,19,21)(H,23,24). The topological polar surface area (TPSA) is 104 Å². The Hall–Kier alpha value is -3.40. The molecule has 0 amide bonds. The van der Waals surface area contributed by atoms with Gasteiger partial charge in [0, 0.05) is 36.1 Å². The summed E-state index contributed by atoms with van der Waals surface area (Å²) < 4.78 is 1.76. The molecular weight excluding hydrogens is 306 g/mol. The van der Waals surface area contributed by atoms with Gasteiger partial charge in [-0.2, -0.15) is 5.26 Å². The van der Waals surface area contributed by atoms with Gasteiger partial charge >= 0.3 is 5.97 Å². The van der Waals surface area contributed by atoms with Gasteiger partial charge in [0.05, 0.1) is 11.3 Å². The minimum absolute atomic E-state index is 0.0797. The smallest absolute Gasteiger partial charge is 0.339 e. The number of rotatable bonds is 4. The minimum Gasteiger partial charge on any atom is -0.478 e. The first kappa shape index (κ1) is 15.5. The predicted molar refractivity (Wildman–Crippen MR) is 89.3 cm³/mol. The first-order chi connectivity index (χ1) is 11.5. The molecule has 0 fully saturated rings. The Morgan fingerprint density at radius 1 is 1.33 bits per heavy atom. The van der Waals surface area contributed by atoms with E-state index in [9.17, 15) is 9.90 Å². The van der Waals surface area contributed by atoms with Gasteiger partial charge in [-0.3, -0.25) is 4.57 Å². The molecular formula is C17H15N5O2. The number of carboxylic acid groups (broad SMARTS) is 1. The van der Waals surface area contributed by atoms with E-state index in [1.165, 1.54) is 12.4 Å². The summed E-state index contributed by atoms with van der Waals surface area (Å²) in [4.78, 5) is 19.9. The highest BCUT2D eigenvalue weighted by molar-refractivity contribution is 5.94. The molecule has 0 saturated carbocycles. The maximum Gasteiger partial charge on any atom is 0.339 e. The molecule has 0 saturated heterocycles. The van der Waals surface area contributed by atoms with E-state index < -0.39 is 5.97 Å². The Kier molecular flexibility index (Phi) is 3.88. The van der Waals surface area contributed by atoms with Crippen LogP contribution in [0.3, 0.4) is 0 Å². The summed E-state index contributed by atoms with van der Waals surface area (Å²) >= 11 is 0. The number of fused-ring (bicyclic) bond motifs is 1. The third kappa shape index (κ3) is 2.77. The summed E-state index contributed by atoms with van der Waals surface area (Å²) in [5, 5.41) is 22.2. The number of carbonyl (C=O) groups is 1. The first-order valence-electron chi connectivity index (χ1n) is 7.37. The number of nitrogens with one attached hydrogen (secondary N) is 1. The lowest BCUT2D eigenvalue weighted by molar-refractivity contribution is 0.0697. The zero-order valence-electron chi connectivity index (χ0n) is 13.2. The molecule has 3 aromatic rings. The maximum atomic E-state index is 11.4. The summed E-state index contributed by atoms with van der Waals surface area (Å²) in [7, 11) is 0. The van der Waals surface area contributed by atoms with Crippen molar-refractivity contribution in [3.8, 4) is 11.9 Å². The van der Waals surface area contributed by atoms with Crippen molar-refractivity contribution in [3.63, 3.8) is 0 Å². The van der Waals surface area contributed by atoms with Gasteiger partial charge in [-0.15, -0.1) is 0 Å². The average Bonchev–Trinajstić information content (AvgIpc) is 2.96. The first-order valence-corrected chi connectivity index (χ1v) is 7.37. The molecule has 0 aliphatic heterocycles. The van der Waals surface area contributed by atoms with Crippen molar-refractivity contribution >= 4 is 22.7 Å². The summed E-state index contributed by atoms with van der Waals surface area (Å²) in [6, 6.07) is 7.41. The number of nitriles is 1. The van der Waals surface area contributed by atoms with Crippen molar-refractivity contribution in [1.82, 2.24) is 14.5 Å². The van der Waals surface area contributed by atoms with Crippen LogP contribution < -0.4 is 5.32 Å². The Morgan fingerprint density at radius 3 is 2.79 bits per heavy atom. The van der Waals surface area contributed by atoms with Gasteiger partial charge in [-0.05, 0) is 26.0 Å². The minimum atomic E-state index is -1.04. The number of anilines is 1. The van der Waals surface area contributed by atoms with Gasteiger partial charge in [0.15, 0.2) is 0 Å². The van der Waals surface area contributed by atoms with Crippen molar-refractivity contribution in [2.24, 2.45) is 0 Å². The van der Waals surface area contributed by atoms with Crippen molar-refractivity contribution in [1.29, 1.82) is 5.26 Å². The van der Waals surface area contributed by atoms with Crippen LogP contribution in [0.5, 0.6) is 0 Å². The van der Waals surface area contributed by atoms with Crippen LogP contribution in [0.4, 0.5) is 5.69 Å². The van der Waals surface area contributed by atoms with Gasteiger partial charge < -0.3 is 10.4 Å². The fraction of sp³-hybridized carbons (Fsp3) is 0.176. The Morgan fingerprint density at radius 2 is 2.12 bits per heavy atom. The number of aromatic nitrogens is 3. The number of hydrogen-bond acceptors (Lipinski definition) is 5. The van der Waals surface area contributed by atoms with Gasteiger partial charge in [0.2, 0.25) is 0 Å². The van der Waals surface area contributed by atoms with Crippen molar-refractivity contribution in [2.45, 2.75) is 19.9 Å². The molecule has 7 nitrogen and oxygen atoms in total. The monoisotopic (exact) mass is 321 g/mol. The summed E-state index contributed by atoms with van der Waals surface area (Å²) in [5.74, 6) is -0.485. The van der Waals surface area contributed by atoms with Gasteiger partial charge in [0.1, 0.15) is 23.1 Å². The Balaban J connectivity index is 2.13. The molecule has 3 rings (SSSR count). The second-order valence-corrected chi connectivity index (χ2v) is 5.63. The Labute approximate surface area is 138 Å². The number of pyridine rings is 2. The van der Waals surface area contributed by atoms with E-state index in [0.717, 1.165) is 5.39 Å². The van der Waals surface area contributed by atoms with E-state index in [1.807, 2.05) is 19.9 Å². The van der Waals surface area contributed by atoms with Crippen LogP contribution in [0.15, 0.2) is 36.8 Å². The van der Waals surface area contributed by atoms with E-state index >= 15 is 0 Å². The molecule has 3 aromatic heterocycles. The van der Waals surface area contributed by atoms with Crippen LogP contribution >= 0.6 is 0 Å². The maximum absolute atomic E-state index is 11.4. The van der Waals surface area contributed by atoms with Crippen LogP contribution in [0.1, 0.15) is 29.8 Å². The van der Waals surface area contributed by atoms with E-state index in [1.54, 1.807) is 22.9 Å². The van der Waals surface area contributed by atoms with Crippen LogP contribution in [-0.2, 0) is 0 Å². The zero-order chi connectivity index (χ0) is 17.3. The molecule has 0 radical (unpaired) electrons. The number of hydrogen-bond donors (Lipinski definition) is 2. The molecule has 24 heavy (non-hydrogen) atoms. The fourth-order valence-electron chi connectivity index (χ4n) is 2.45. The summed E-state index contributed by atoms with van der Waals surface area (Å²) in [6.07, 6.45) is 4.62. The predicted octanol–water partition coefficient (Wildman–Crippen LogP) is 2.81. The average molecular weight is 321 g/mol. The normalized spacial score (nSPS) is 10.8. The molecule has 0 unspecified atom stereocenters. The van der Waals surface area contributed by atoms with E-state index in [4.69, 9.17) is 5.26 Å². The van der Waals surface area contributed by atoms with E-state index in [0.29, 0.717) is 22.7 Å². The van der Waals surface area contributed by atoms with Crippen LogP contribution in [-0.4, -0.2) is 31.7 Å². The number of nitrogens with zero attached hydrogens (tertiary/aromatic N) is 4. The highest BCUT2D eigenvalue weighted by Gasteiger charge is 2.14. The lowest BCUT2D eigenvalue weighted by Crippen LogP contribution is -2.14. The second kappa shape index (κ2) is 6.01. The van der Waals surface area contributed by atoms with Gasteiger partial charge in [0.25, 0.3) is 0 Å². The molecule has 0 bridgehead atoms. The van der Waals surface area contributed by atoms with E-state index in [-0.39, 0.29) is 11.6 Å². The molecule has 3 heterocycles. The lowest BCUT2D eigenvalue weighted by atomic mass is 10.2. The molecule has 7 heteroatoms. The quantitative estimate of drug-likeness (QED) is 0.765. The molecule has 2 N–H and O–H groups in total. The third-order valence-electron chi connectivity index (χ3n) is 3.47. The van der Waals surface area contributed by atoms with Crippen molar-refractivity contribution < 1.29 is 9.90 Å². The third-order valence-corrected chi connectivity index (χ3v) is 3.47. The van der Waals surface area contributed by atoms with Crippen molar-refractivity contribution in [2.75, 3.05) is 5.32 Å². The van der Waals surface area contributed by atoms with Crippen LogP contribution in [0, 0.1) is 11.3 Å². The molecule has 0 aromatic carbocycles.